The first-order valence-electron chi connectivity index (χ1n) is 5.66. The Morgan fingerprint density at radius 1 is 1.36 bits per heavy atom. The molecule has 0 aromatic rings. The fraction of sp³-hybridized carbons (Fsp3) is 0.692. The van der Waals surface area contributed by atoms with E-state index in [1.54, 1.807) is 0 Å². The van der Waals surface area contributed by atoms with Crippen molar-refractivity contribution in [3.8, 4) is 0 Å². The molecule has 0 spiro atoms. The van der Waals surface area contributed by atoms with E-state index in [1.807, 2.05) is 0 Å². The molecule has 1 heteroatoms. The summed E-state index contributed by atoms with van der Waals surface area (Å²) in [6, 6.07) is 0. The molecule has 1 saturated heterocycles. The van der Waals surface area contributed by atoms with Gasteiger partial charge in [-0.2, -0.15) is 0 Å². The van der Waals surface area contributed by atoms with Crippen molar-refractivity contribution in [1.82, 2.24) is 0 Å². The van der Waals surface area contributed by atoms with Crippen molar-refractivity contribution in [2.45, 2.75) is 33.1 Å². The Morgan fingerprint density at radius 3 is 2.57 bits per heavy atom. The maximum absolute atomic E-state index is 5.39. The van der Waals surface area contributed by atoms with Gasteiger partial charge in [0.2, 0.25) is 0 Å². The summed E-state index contributed by atoms with van der Waals surface area (Å²) in [5.74, 6) is 0.729. The van der Waals surface area contributed by atoms with Gasteiger partial charge in [0.1, 0.15) is 0 Å². The molecule has 0 N–H and O–H groups in total. The largest absolute Gasteiger partial charge is 0.380 e. The Labute approximate surface area is 86.8 Å². The molecule has 1 nitrogen and oxygen atoms in total. The minimum Gasteiger partial charge on any atom is -0.380 e. The smallest absolute Gasteiger partial charge is 0.0550 e. The van der Waals surface area contributed by atoms with Crippen molar-refractivity contribution in [2.24, 2.45) is 11.3 Å². The fourth-order valence-electron chi connectivity index (χ4n) is 2.21. The number of hydrogen-bond acceptors (Lipinski definition) is 1. The molecule has 1 aliphatic heterocycles. The van der Waals surface area contributed by atoms with Crippen molar-refractivity contribution in [2.75, 3.05) is 13.2 Å². The second-order valence-corrected chi connectivity index (χ2v) is 4.95. The number of hydrogen-bond donors (Lipinski definition) is 0. The second-order valence-electron chi connectivity index (χ2n) is 4.95. The minimum atomic E-state index is 0.438. The lowest BCUT2D eigenvalue weighted by Crippen LogP contribution is -2.46. The summed E-state index contributed by atoms with van der Waals surface area (Å²) in [5.41, 5.74) is 1.96. The first kappa shape index (κ1) is 9.97. The maximum Gasteiger partial charge on any atom is 0.0550 e. The van der Waals surface area contributed by atoms with Gasteiger partial charge >= 0.3 is 0 Å². The third-order valence-corrected chi connectivity index (χ3v) is 3.63. The van der Waals surface area contributed by atoms with Crippen LogP contribution in [0, 0.1) is 11.3 Å². The van der Waals surface area contributed by atoms with Crippen LogP contribution in [-0.2, 0) is 4.74 Å². The Kier molecular flexibility index (Phi) is 2.78. The monoisotopic (exact) mass is 192 g/mol. The number of allylic oxidation sites excluding steroid dienone is 4. The van der Waals surface area contributed by atoms with Gasteiger partial charge in [0.25, 0.3) is 0 Å². The van der Waals surface area contributed by atoms with Gasteiger partial charge in [0.05, 0.1) is 13.2 Å². The SMILES string of the molecule is CC(C)C1(CC2=CCCC=C2)COC1. The predicted molar refractivity (Wildman–Crippen MR) is 59.2 cm³/mol. The van der Waals surface area contributed by atoms with Gasteiger partial charge < -0.3 is 4.74 Å². The van der Waals surface area contributed by atoms with E-state index < -0.39 is 0 Å². The highest BCUT2D eigenvalue weighted by Gasteiger charge is 2.41. The van der Waals surface area contributed by atoms with Crippen LogP contribution in [0.5, 0.6) is 0 Å². The van der Waals surface area contributed by atoms with Crippen LogP contribution in [-0.4, -0.2) is 13.2 Å². The molecule has 0 bridgehead atoms. The van der Waals surface area contributed by atoms with Crippen LogP contribution < -0.4 is 0 Å². The summed E-state index contributed by atoms with van der Waals surface area (Å²) in [6.45, 7) is 6.54. The standard InChI is InChI=1S/C13H20O/c1-11(2)13(9-14-10-13)8-12-6-4-3-5-7-12/h4,6-7,11H,3,5,8-10H2,1-2H3. The highest BCUT2D eigenvalue weighted by molar-refractivity contribution is 5.24. The van der Waals surface area contributed by atoms with Crippen molar-refractivity contribution in [3.05, 3.63) is 23.8 Å². The Bertz CT molecular complexity index is 256. The predicted octanol–water partition coefficient (Wildman–Crippen LogP) is 3.33. The molecule has 0 atom stereocenters. The van der Waals surface area contributed by atoms with E-state index in [-0.39, 0.29) is 0 Å². The average molecular weight is 192 g/mol. The molecule has 0 unspecified atom stereocenters. The van der Waals surface area contributed by atoms with Gasteiger partial charge in [-0.15, -0.1) is 0 Å². The van der Waals surface area contributed by atoms with Crippen LogP contribution in [0.3, 0.4) is 0 Å². The molecule has 2 aliphatic rings. The molecule has 14 heavy (non-hydrogen) atoms. The lowest BCUT2D eigenvalue weighted by atomic mass is 9.70. The first-order chi connectivity index (χ1) is 6.73. The van der Waals surface area contributed by atoms with Crippen LogP contribution in [0.4, 0.5) is 0 Å². The quantitative estimate of drug-likeness (QED) is 0.666. The van der Waals surface area contributed by atoms with Crippen LogP contribution in [0.25, 0.3) is 0 Å². The first-order valence-corrected chi connectivity index (χ1v) is 5.66. The molecule has 0 saturated carbocycles. The zero-order valence-corrected chi connectivity index (χ0v) is 9.25. The summed E-state index contributed by atoms with van der Waals surface area (Å²) < 4.78 is 5.39. The summed E-state index contributed by atoms with van der Waals surface area (Å²) in [6.07, 6.45) is 10.6. The molecule has 2 rings (SSSR count). The topological polar surface area (TPSA) is 9.23 Å². The molecule has 1 heterocycles. The Hall–Kier alpha value is -0.560. The van der Waals surface area contributed by atoms with Gasteiger partial charge in [0.15, 0.2) is 0 Å². The number of ether oxygens (including phenoxy) is 1. The lowest BCUT2D eigenvalue weighted by molar-refractivity contribution is -0.137. The second kappa shape index (κ2) is 3.90. The average Bonchev–Trinajstić information content (AvgIpc) is 2.12. The van der Waals surface area contributed by atoms with Crippen molar-refractivity contribution in [3.63, 3.8) is 0 Å². The van der Waals surface area contributed by atoms with Gasteiger partial charge in [0, 0.05) is 5.41 Å². The van der Waals surface area contributed by atoms with Crippen molar-refractivity contribution in [1.29, 1.82) is 0 Å². The van der Waals surface area contributed by atoms with Crippen LogP contribution >= 0.6 is 0 Å². The molecular formula is C13H20O. The Morgan fingerprint density at radius 2 is 2.14 bits per heavy atom. The van der Waals surface area contributed by atoms with E-state index >= 15 is 0 Å². The number of rotatable bonds is 3. The fourth-order valence-corrected chi connectivity index (χ4v) is 2.21. The normalized spacial score (nSPS) is 24.6. The van der Waals surface area contributed by atoms with Gasteiger partial charge in [-0.1, -0.05) is 37.6 Å². The van der Waals surface area contributed by atoms with Crippen LogP contribution in [0.1, 0.15) is 33.1 Å². The van der Waals surface area contributed by atoms with E-state index in [4.69, 9.17) is 4.74 Å². The third-order valence-electron chi connectivity index (χ3n) is 3.63. The van der Waals surface area contributed by atoms with E-state index in [9.17, 15) is 0 Å². The summed E-state index contributed by atoms with van der Waals surface area (Å²) in [7, 11) is 0. The molecular weight excluding hydrogens is 172 g/mol. The molecule has 1 aliphatic carbocycles. The van der Waals surface area contributed by atoms with Crippen LogP contribution in [0.15, 0.2) is 23.8 Å². The minimum absolute atomic E-state index is 0.438. The van der Waals surface area contributed by atoms with Gasteiger partial charge in [-0.05, 0) is 25.2 Å². The van der Waals surface area contributed by atoms with Gasteiger partial charge in [-0.3, -0.25) is 0 Å². The third kappa shape index (κ3) is 1.78. The highest BCUT2D eigenvalue weighted by atomic mass is 16.5. The molecule has 0 aromatic carbocycles. The zero-order valence-electron chi connectivity index (χ0n) is 9.25. The molecule has 78 valence electrons. The van der Waals surface area contributed by atoms with E-state index in [0.29, 0.717) is 5.41 Å². The summed E-state index contributed by atoms with van der Waals surface area (Å²) in [5, 5.41) is 0. The Balaban J connectivity index is 2.01. The maximum atomic E-state index is 5.39. The van der Waals surface area contributed by atoms with E-state index in [1.165, 1.54) is 24.8 Å². The zero-order chi connectivity index (χ0) is 10.0. The van der Waals surface area contributed by atoms with Crippen molar-refractivity contribution < 1.29 is 4.74 Å². The van der Waals surface area contributed by atoms with E-state index in [2.05, 4.69) is 32.1 Å². The molecule has 0 amide bonds. The van der Waals surface area contributed by atoms with Crippen molar-refractivity contribution >= 4 is 0 Å². The highest BCUT2D eigenvalue weighted by Crippen LogP contribution is 2.42. The van der Waals surface area contributed by atoms with E-state index in [0.717, 1.165) is 19.1 Å². The molecule has 0 radical (unpaired) electrons. The van der Waals surface area contributed by atoms with Gasteiger partial charge in [-0.25, -0.2) is 0 Å². The lowest BCUT2D eigenvalue weighted by Gasteiger charge is -2.45. The van der Waals surface area contributed by atoms with Crippen LogP contribution in [0.2, 0.25) is 0 Å². The summed E-state index contributed by atoms with van der Waals surface area (Å²) in [4.78, 5) is 0. The molecule has 0 aromatic heterocycles. The molecule has 1 fully saturated rings. The summed E-state index contributed by atoms with van der Waals surface area (Å²) >= 11 is 0.